The Morgan fingerprint density at radius 1 is 1.28 bits per heavy atom. The van der Waals surface area contributed by atoms with Gasteiger partial charge in [0, 0.05) is 46.3 Å². The van der Waals surface area contributed by atoms with Crippen LogP contribution in [0.1, 0.15) is 6.42 Å². The van der Waals surface area contributed by atoms with Crippen LogP contribution in [-0.2, 0) is 10.2 Å². The highest BCUT2D eigenvalue weighted by molar-refractivity contribution is 7.86. The molecule has 106 valence electrons. The molecule has 0 spiro atoms. The minimum absolute atomic E-state index is 0.470. The summed E-state index contributed by atoms with van der Waals surface area (Å²) in [5.74, 6) is 0.470. The van der Waals surface area contributed by atoms with E-state index in [2.05, 4.69) is 17.3 Å². The second-order valence-corrected chi connectivity index (χ2v) is 7.39. The first-order valence-electron chi connectivity index (χ1n) is 6.61. The zero-order valence-corrected chi connectivity index (χ0v) is 12.1. The van der Waals surface area contributed by atoms with Crippen LogP contribution in [0.2, 0.25) is 0 Å². The second-order valence-electron chi connectivity index (χ2n) is 5.35. The lowest BCUT2D eigenvalue weighted by molar-refractivity contribution is 0.306. The minimum atomic E-state index is -3.26. The largest absolute Gasteiger partial charge is 0.314 e. The van der Waals surface area contributed by atoms with Gasteiger partial charge in [0.15, 0.2) is 0 Å². The molecule has 1 atom stereocenters. The van der Waals surface area contributed by atoms with Gasteiger partial charge in [0.2, 0.25) is 0 Å². The van der Waals surface area contributed by atoms with Crippen molar-refractivity contribution >= 4 is 10.2 Å². The lowest BCUT2D eigenvalue weighted by Gasteiger charge is -2.31. The first-order valence-corrected chi connectivity index (χ1v) is 8.00. The van der Waals surface area contributed by atoms with Crippen LogP contribution < -0.4 is 5.32 Å². The molecular formula is C11H24N4O2S. The van der Waals surface area contributed by atoms with Crippen LogP contribution in [-0.4, -0.2) is 81.8 Å². The Morgan fingerprint density at radius 3 is 2.50 bits per heavy atom. The van der Waals surface area contributed by atoms with Crippen molar-refractivity contribution in [2.45, 2.75) is 6.42 Å². The average Bonchev–Trinajstić information content (AvgIpc) is 2.76. The van der Waals surface area contributed by atoms with Crippen molar-refractivity contribution in [2.24, 2.45) is 5.92 Å². The van der Waals surface area contributed by atoms with Gasteiger partial charge in [-0.15, -0.1) is 0 Å². The highest BCUT2D eigenvalue weighted by Crippen LogP contribution is 2.17. The van der Waals surface area contributed by atoms with E-state index in [4.69, 9.17) is 0 Å². The van der Waals surface area contributed by atoms with Gasteiger partial charge in [0.05, 0.1) is 0 Å². The topological polar surface area (TPSA) is 55.9 Å². The maximum atomic E-state index is 12.4. The molecule has 0 aliphatic carbocycles. The molecule has 2 heterocycles. The van der Waals surface area contributed by atoms with Crippen molar-refractivity contribution in [1.82, 2.24) is 18.8 Å². The number of hydrogen-bond donors (Lipinski definition) is 1. The number of piperazine rings is 1. The van der Waals surface area contributed by atoms with Crippen molar-refractivity contribution in [3.05, 3.63) is 0 Å². The normalized spacial score (nSPS) is 28.1. The molecule has 18 heavy (non-hydrogen) atoms. The van der Waals surface area contributed by atoms with E-state index in [1.54, 1.807) is 11.4 Å². The standard InChI is InChI=1S/C11H24N4O2S/c1-13-6-3-11(9-13)10-14(2)18(16,17)15-7-4-12-5-8-15/h11-12H,3-10H2,1-2H3. The Hall–Kier alpha value is -0.210. The SMILES string of the molecule is CN1CCC(CN(C)S(=O)(=O)N2CCNCC2)C1. The molecule has 2 fully saturated rings. The van der Waals surface area contributed by atoms with E-state index in [0.29, 0.717) is 25.6 Å². The van der Waals surface area contributed by atoms with E-state index in [-0.39, 0.29) is 0 Å². The molecule has 6 nitrogen and oxygen atoms in total. The van der Waals surface area contributed by atoms with Crippen molar-refractivity contribution in [3.8, 4) is 0 Å². The van der Waals surface area contributed by atoms with Crippen LogP contribution in [0.5, 0.6) is 0 Å². The van der Waals surface area contributed by atoms with Crippen molar-refractivity contribution < 1.29 is 8.42 Å². The van der Waals surface area contributed by atoms with Gasteiger partial charge in [0.1, 0.15) is 0 Å². The van der Waals surface area contributed by atoms with Gasteiger partial charge in [-0.25, -0.2) is 0 Å². The number of hydrogen-bond acceptors (Lipinski definition) is 4. The molecule has 2 saturated heterocycles. The molecule has 1 unspecified atom stereocenters. The van der Waals surface area contributed by atoms with E-state index in [0.717, 1.165) is 32.6 Å². The molecule has 2 aliphatic rings. The van der Waals surface area contributed by atoms with Crippen LogP contribution in [0.4, 0.5) is 0 Å². The predicted octanol–water partition coefficient (Wildman–Crippen LogP) is -0.980. The number of likely N-dealkylation sites (tertiary alicyclic amines) is 1. The van der Waals surface area contributed by atoms with Gasteiger partial charge >= 0.3 is 0 Å². The molecule has 0 saturated carbocycles. The van der Waals surface area contributed by atoms with Crippen LogP contribution in [0, 0.1) is 5.92 Å². The zero-order valence-electron chi connectivity index (χ0n) is 11.3. The van der Waals surface area contributed by atoms with E-state index in [1.807, 2.05) is 0 Å². The van der Waals surface area contributed by atoms with Crippen molar-refractivity contribution in [3.63, 3.8) is 0 Å². The molecular weight excluding hydrogens is 252 g/mol. The van der Waals surface area contributed by atoms with Crippen molar-refractivity contribution in [2.75, 3.05) is 59.9 Å². The molecule has 2 aliphatic heterocycles. The quantitative estimate of drug-likeness (QED) is 0.717. The molecule has 7 heteroatoms. The van der Waals surface area contributed by atoms with Gasteiger partial charge in [0.25, 0.3) is 10.2 Å². The number of rotatable bonds is 4. The fourth-order valence-electron chi connectivity index (χ4n) is 2.71. The minimum Gasteiger partial charge on any atom is -0.314 e. The molecule has 2 rings (SSSR count). The number of nitrogens with zero attached hydrogens (tertiary/aromatic N) is 3. The van der Waals surface area contributed by atoms with Gasteiger partial charge in [-0.1, -0.05) is 0 Å². The summed E-state index contributed by atoms with van der Waals surface area (Å²) >= 11 is 0. The average molecular weight is 276 g/mol. The Morgan fingerprint density at radius 2 is 1.94 bits per heavy atom. The van der Waals surface area contributed by atoms with Crippen LogP contribution in [0.3, 0.4) is 0 Å². The van der Waals surface area contributed by atoms with E-state index in [9.17, 15) is 8.42 Å². The lowest BCUT2D eigenvalue weighted by Crippen LogP contribution is -2.51. The third-order valence-corrected chi connectivity index (χ3v) is 5.75. The smallest absolute Gasteiger partial charge is 0.281 e. The van der Waals surface area contributed by atoms with Gasteiger partial charge in [-0.2, -0.15) is 17.0 Å². The Bertz CT molecular complexity index is 367. The molecule has 0 bridgehead atoms. The summed E-state index contributed by atoms with van der Waals surface area (Å²) in [6, 6.07) is 0. The third kappa shape index (κ3) is 3.21. The monoisotopic (exact) mass is 276 g/mol. The third-order valence-electron chi connectivity index (χ3n) is 3.80. The van der Waals surface area contributed by atoms with Crippen LogP contribution in [0.15, 0.2) is 0 Å². The lowest BCUT2D eigenvalue weighted by atomic mass is 10.1. The summed E-state index contributed by atoms with van der Waals surface area (Å²) in [6.07, 6.45) is 1.10. The van der Waals surface area contributed by atoms with E-state index in [1.165, 1.54) is 4.31 Å². The molecule has 0 amide bonds. The van der Waals surface area contributed by atoms with E-state index >= 15 is 0 Å². The highest BCUT2D eigenvalue weighted by Gasteiger charge is 2.31. The van der Waals surface area contributed by atoms with Gasteiger partial charge in [-0.05, 0) is 25.9 Å². The first kappa shape index (κ1) is 14.2. The van der Waals surface area contributed by atoms with Crippen LogP contribution >= 0.6 is 0 Å². The van der Waals surface area contributed by atoms with Crippen LogP contribution in [0.25, 0.3) is 0 Å². The molecule has 0 radical (unpaired) electrons. The Balaban J connectivity index is 1.92. The maximum Gasteiger partial charge on any atom is 0.281 e. The van der Waals surface area contributed by atoms with Crippen molar-refractivity contribution in [1.29, 1.82) is 0 Å². The first-order chi connectivity index (χ1) is 8.50. The molecule has 0 aromatic rings. The van der Waals surface area contributed by atoms with E-state index < -0.39 is 10.2 Å². The maximum absolute atomic E-state index is 12.4. The fraction of sp³-hybridized carbons (Fsp3) is 1.00. The Labute approximate surface area is 110 Å². The fourth-order valence-corrected chi connectivity index (χ4v) is 4.14. The number of nitrogens with one attached hydrogen (secondary N) is 1. The summed E-state index contributed by atoms with van der Waals surface area (Å²) in [6.45, 7) is 5.37. The molecule has 0 aromatic heterocycles. The van der Waals surface area contributed by atoms with Gasteiger partial charge < -0.3 is 10.2 Å². The summed E-state index contributed by atoms with van der Waals surface area (Å²) in [7, 11) is 0.533. The zero-order chi connectivity index (χ0) is 13.2. The molecule has 0 aromatic carbocycles. The summed E-state index contributed by atoms with van der Waals surface area (Å²) in [5, 5.41) is 3.17. The second kappa shape index (κ2) is 5.83. The summed E-state index contributed by atoms with van der Waals surface area (Å²) in [4.78, 5) is 2.26. The van der Waals surface area contributed by atoms with Gasteiger partial charge in [-0.3, -0.25) is 0 Å². The predicted molar refractivity (Wildman–Crippen MR) is 71.6 cm³/mol. The summed E-state index contributed by atoms with van der Waals surface area (Å²) < 4.78 is 27.8. The molecule has 1 N–H and O–H groups in total. The summed E-state index contributed by atoms with van der Waals surface area (Å²) in [5.41, 5.74) is 0. The Kier molecular flexibility index (Phi) is 4.60. The highest BCUT2D eigenvalue weighted by atomic mass is 32.2.